The molecule has 178 valence electrons. The van der Waals surface area contributed by atoms with Gasteiger partial charge in [-0.05, 0) is 17.5 Å². The number of amides is 1. The predicted molar refractivity (Wildman–Crippen MR) is 138 cm³/mol. The zero-order valence-electron chi connectivity index (χ0n) is 20.8. The summed E-state index contributed by atoms with van der Waals surface area (Å²) in [6.07, 6.45) is 0.648. The molecule has 0 aromatic heterocycles. The quantitative estimate of drug-likeness (QED) is 0.448. The van der Waals surface area contributed by atoms with Gasteiger partial charge in [0.2, 0.25) is 5.91 Å². The third-order valence-electron chi connectivity index (χ3n) is 4.06. The van der Waals surface area contributed by atoms with E-state index in [0.717, 1.165) is 11.1 Å². The van der Waals surface area contributed by atoms with Gasteiger partial charge < -0.3 is 10.1 Å². The van der Waals surface area contributed by atoms with Gasteiger partial charge in [0.25, 0.3) is 0 Å². The van der Waals surface area contributed by atoms with Crippen LogP contribution in [0, 0.1) is 5.92 Å². The van der Waals surface area contributed by atoms with Gasteiger partial charge in [-0.15, -0.1) is 0 Å². The van der Waals surface area contributed by atoms with E-state index in [4.69, 9.17) is 4.74 Å². The molecular formula is C27H41NO3S. The lowest BCUT2D eigenvalue weighted by molar-refractivity contribution is -0.145. The Morgan fingerprint density at radius 1 is 0.875 bits per heavy atom. The van der Waals surface area contributed by atoms with Gasteiger partial charge in [0.15, 0.2) is 0 Å². The summed E-state index contributed by atoms with van der Waals surface area (Å²) in [5.41, 5.74) is 2.04. The van der Waals surface area contributed by atoms with E-state index in [1.807, 2.05) is 88.4 Å². The number of hydrogen-bond acceptors (Lipinski definition) is 4. The second-order valence-electron chi connectivity index (χ2n) is 7.67. The third-order valence-corrected chi connectivity index (χ3v) is 5.50. The third kappa shape index (κ3) is 13.9. The van der Waals surface area contributed by atoms with Crippen LogP contribution in [0.1, 0.15) is 59.6 Å². The first-order valence-electron chi connectivity index (χ1n) is 11.5. The molecule has 0 radical (unpaired) electrons. The van der Waals surface area contributed by atoms with E-state index in [0.29, 0.717) is 12.2 Å². The summed E-state index contributed by atoms with van der Waals surface area (Å²) in [5, 5.41) is 2.75. The van der Waals surface area contributed by atoms with Crippen LogP contribution in [0.15, 0.2) is 60.7 Å². The van der Waals surface area contributed by atoms with E-state index in [1.165, 1.54) is 0 Å². The maximum absolute atomic E-state index is 12.7. The van der Waals surface area contributed by atoms with E-state index in [1.54, 1.807) is 11.8 Å². The lowest BCUT2D eigenvalue weighted by Crippen LogP contribution is -2.37. The number of esters is 1. The molecule has 5 heteroatoms. The molecule has 0 bridgehead atoms. The van der Waals surface area contributed by atoms with Crippen molar-refractivity contribution in [3.05, 3.63) is 71.8 Å². The highest BCUT2D eigenvalue weighted by atomic mass is 32.2. The average Bonchev–Trinajstić information content (AvgIpc) is 2.82. The van der Waals surface area contributed by atoms with Gasteiger partial charge in [0, 0.05) is 10.5 Å². The zero-order chi connectivity index (χ0) is 24.4. The van der Waals surface area contributed by atoms with Crippen LogP contribution in [0.25, 0.3) is 0 Å². The average molecular weight is 460 g/mol. The summed E-state index contributed by atoms with van der Waals surface area (Å²) in [6.45, 7) is 14.5. The number of thioether (sulfide) groups is 1. The lowest BCUT2D eigenvalue weighted by atomic mass is 10.0. The van der Waals surface area contributed by atoms with E-state index in [-0.39, 0.29) is 29.7 Å². The minimum absolute atomic E-state index is 0.0732. The van der Waals surface area contributed by atoms with Gasteiger partial charge in [0.1, 0.15) is 13.2 Å². The van der Waals surface area contributed by atoms with Gasteiger partial charge >= 0.3 is 5.97 Å². The molecular weight excluding hydrogens is 418 g/mol. The fourth-order valence-corrected chi connectivity index (χ4v) is 3.54. The molecule has 0 saturated carbocycles. The fourth-order valence-electron chi connectivity index (χ4n) is 2.57. The molecule has 0 saturated heterocycles. The van der Waals surface area contributed by atoms with Gasteiger partial charge in [-0.1, -0.05) is 109 Å². The minimum atomic E-state index is -0.431. The van der Waals surface area contributed by atoms with Gasteiger partial charge in [-0.2, -0.15) is 11.8 Å². The molecule has 1 N–H and O–H groups in total. The minimum Gasteiger partial charge on any atom is -0.460 e. The topological polar surface area (TPSA) is 55.4 Å². The predicted octanol–water partition coefficient (Wildman–Crippen LogP) is 6.29. The van der Waals surface area contributed by atoms with Crippen LogP contribution in [0.4, 0.5) is 0 Å². The van der Waals surface area contributed by atoms with Crippen molar-refractivity contribution in [3.8, 4) is 0 Å². The number of nitrogens with one attached hydrogen (secondary N) is 1. The first-order valence-corrected chi connectivity index (χ1v) is 12.5. The van der Waals surface area contributed by atoms with Gasteiger partial charge in [-0.3, -0.25) is 9.59 Å². The number of carbonyl (C=O) groups is 2. The highest BCUT2D eigenvalue weighted by Crippen LogP contribution is 2.27. The summed E-state index contributed by atoms with van der Waals surface area (Å²) < 4.78 is 5.31. The van der Waals surface area contributed by atoms with Crippen LogP contribution in [0.3, 0.4) is 0 Å². The van der Waals surface area contributed by atoms with Crippen LogP contribution in [-0.4, -0.2) is 28.9 Å². The van der Waals surface area contributed by atoms with Crippen LogP contribution in [0.5, 0.6) is 0 Å². The number of rotatable bonds is 9. The van der Waals surface area contributed by atoms with Crippen LogP contribution < -0.4 is 5.32 Å². The van der Waals surface area contributed by atoms with Crippen molar-refractivity contribution in [1.29, 1.82) is 0 Å². The van der Waals surface area contributed by atoms with Crippen molar-refractivity contribution in [2.45, 2.75) is 66.2 Å². The normalized spacial score (nSPS) is 11.1. The monoisotopic (exact) mass is 459 g/mol. The summed E-state index contributed by atoms with van der Waals surface area (Å²) >= 11 is 1.75. The van der Waals surface area contributed by atoms with Crippen molar-refractivity contribution in [1.82, 2.24) is 5.32 Å². The Labute approximate surface area is 199 Å². The molecule has 32 heavy (non-hydrogen) atoms. The molecule has 4 nitrogen and oxygen atoms in total. The molecule has 0 heterocycles. The molecule has 1 amide bonds. The SMILES string of the molecule is CC.CC.CC(C)(C)SCC(Cc1ccccc1)C(=O)NCC(=O)OCc1ccccc1. The molecule has 1 unspecified atom stereocenters. The Kier molecular flexibility index (Phi) is 16.1. The van der Waals surface area contributed by atoms with Gasteiger partial charge in [-0.25, -0.2) is 0 Å². The Bertz CT molecular complexity index is 743. The van der Waals surface area contributed by atoms with Crippen LogP contribution in [0.2, 0.25) is 0 Å². The van der Waals surface area contributed by atoms with E-state index in [2.05, 4.69) is 26.1 Å². The maximum atomic E-state index is 12.7. The number of hydrogen-bond donors (Lipinski definition) is 1. The molecule has 0 aliphatic heterocycles. The molecule has 0 aliphatic rings. The van der Waals surface area contributed by atoms with Crippen molar-refractivity contribution in [3.63, 3.8) is 0 Å². The summed E-state index contributed by atoms with van der Waals surface area (Å²) in [7, 11) is 0. The Morgan fingerprint density at radius 3 is 1.88 bits per heavy atom. The second-order valence-corrected chi connectivity index (χ2v) is 9.52. The molecule has 2 aromatic carbocycles. The second kappa shape index (κ2) is 17.3. The fraction of sp³-hybridized carbons (Fsp3) is 0.481. The Balaban J connectivity index is 0.00000227. The molecule has 0 aliphatic carbocycles. The van der Waals surface area contributed by atoms with Gasteiger partial charge in [0.05, 0.1) is 5.92 Å². The summed E-state index contributed by atoms with van der Waals surface area (Å²) in [4.78, 5) is 24.7. The Hall–Kier alpha value is -2.27. The highest BCUT2D eigenvalue weighted by Gasteiger charge is 2.23. The largest absolute Gasteiger partial charge is 0.460 e. The van der Waals surface area contributed by atoms with E-state index >= 15 is 0 Å². The molecule has 1 atom stereocenters. The van der Waals surface area contributed by atoms with E-state index < -0.39 is 5.97 Å². The molecule has 2 aromatic rings. The highest BCUT2D eigenvalue weighted by molar-refractivity contribution is 8.00. The molecule has 0 fully saturated rings. The lowest BCUT2D eigenvalue weighted by Gasteiger charge is -2.22. The Morgan fingerprint density at radius 2 is 1.38 bits per heavy atom. The molecule has 2 rings (SSSR count). The van der Waals surface area contributed by atoms with Crippen LogP contribution >= 0.6 is 11.8 Å². The van der Waals surface area contributed by atoms with Crippen molar-refractivity contribution >= 4 is 23.6 Å². The summed E-state index contributed by atoms with van der Waals surface area (Å²) in [6, 6.07) is 19.4. The van der Waals surface area contributed by atoms with Crippen molar-refractivity contribution in [2.75, 3.05) is 12.3 Å². The maximum Gasteiger partial charge on any atom is 0.325 e. The number of ether oxygens (including phenoxy) is 1. The van der Waals surface area contributed by atoms with E-state index in [9.17, 15) is 9.59 Å². The van der Waals surface area contributed by atoms with Crippen molar-refractivity contribution < 1.29 is 14.3 Å². The number of benzene rings is 2. The van der Waals surface area contributed by atoms with Crippen LogP contribution in [-0.2, 0) is 27.4 Å². The van der Waals surface area contributed by atoms with Crippen molar-refractivity contribution in [2.24, 2.45) is 5.92 Å². The number of carbonyl (C=O) groups excluding carboxylic acids is 2. The summed E-state index contributed by atoms with van der Waals surface area (Å²) in [5.74, 6) is -0.0477. The molecule has 0 spiro atoms. The zero-order valence-corrected chi connectivity index (χ0v) is 21.6. The first kappa shape index (κ1) is 29.7. The smallest absolute Gasteiger partial charge is 0.325 e. The first-order chi connectivity index (χ1) is 15.3. The standard InChI is InChI=1S/C23H29NO3S.2C2H6/c1-23(2,3)28-17-20(14-18-10-6-4-7-11-18)22(26)24-15-21(25)27-16-19-12-8-5-9-13-19;2*1-2/h4-13,20H,14-17H2,1-3H3,(H,24,26);2*1-2H3.